The first kappa shape index (κ1) is 24.7. The van der Waals surface area contributed by atoms with Crippen LogP contribution in [-0.4, -0.2) is 51.6 Å². The van der Waals surface area contributed by atoms with E-state index in [0.717, 1.165) is 22.3 Å². The molecule has 1 aliphatic heterocycles. The van der Waals surface area contributed by atoms with Crippen LogP contribution in [0.2, 0.25) is 5.02 Å². The highest BCUT2D eigenvalue weighted by Gasteiger charge is 2.40. The molecule has 1 amide bonds. The second-order valence-electron chi connectivity index (χ2n) is 9.67. The van der Waals surface area contributed by atoms with E-state index in [9.17, 15) is 9.90 Å². The molecule has 3 heterocycles. The van der Waals surface area contributed by atoms with E-state index in [1.165, 1.54) is 0 Å². The van der Waals surface area contributed by atoms with Crippen LogP contribution in [0.25, 0.3) is 5.65 Å². The first-order valence-electron chi connectivity index (χ1n) is 11.6. The number of aliphatic hydroxyl groups excluding tert-OH is 1. The number of amides is 1. The van der Waals surface area contributed by atoms with Gasteiger partial charge in [0.2, 0.25) is 0 Å². The Bertz CT molecular complexity index is 1210. The molecule has 1 aromatic carbocycles. The molecule has 4 rings (SSSR count). The summed E-state index contributed by atoms with van der Waals surface area (Å²) >= 11 is 6.12. The van der Waals surface area contributed by atoms with Crippen molar-refractivity contribution in [3.63, 3.8) is 0 Å². The number of imidazole rings is 1. The Morgan fingerprint density at radius 3 is 2.79 bits per heavy atom. The SMILES string of the molecule is COC(C)c1cc(C)cn2cc(C(=O)N3CCC(C)(Cc4ccc(Cl)cc4CN)[C@H](O)C3)nc12. The van der Waals surface area contributed by atoms with Gasteiger partial charge in [0.1, 0.15) is 11.3 Å². The summed E-state index contributed by atoms with van der Waals surface area (Å²) in [5.74, 6) is -0.174. The third-order valence-electron chi connectivity index (χ3n) is 7.15. The second kappa shape index (κ2) is 9.66. The van der Waals surface area contributed by atoms with Crippen molar-refractivity contribution in [3.05, 3.63) is 69.6 Å². The van der Waals surface area contributed by atoms with Crippen LogP contribution in [-0.2, 0) is 17.7 Å². The van der Waals surface area contributed by atoms with Crippen LogP contribution in [0.15, 0.2) is 36.7 Å². The number of fused-ring (bicyclic) bond motifs is 1. The van der Waals surface area contributed by atoms with Gasteiger partial charge in [0.05, 0.1) is 12.2 Å². The lowest BCUT2D eigenvalue weighted by Gasteiger charge is -2.43. The molecular formula is C26H33ClN4O3. The number of likely N-dealkylation sites (tertiary alicyclic amines) is 1. The van der Waals surface area contributed by atoms with Gasteiger partial charge < -0.3 is 24.9 Å². The molecule has 1 fully saturated rings. The van der Waals surface area contributed by atoms with Gasteiger partial charge in [-0.05, 0) is 61.6 Å². The van der Waals surface area contributed by atoms with Crippen molar-refractivity contribution < 1.29 is 14.6 Å². The fourth-order valence-corrected chi connectivity index (χ4v) is 5.02. The van der Waals surface area contributed by atoms with E-state index in [1.807, 2.05) is 48.7 Å². The average molecular weight is 485 g/mol. The Labute approximate surface area is 205 Å². The maximum absolute atomic E-state index is 13.3. The maximum atomic E-state index is 13.3. The highest BCUT2D eigenvalue weighted by molar-refractivity contribution is 6.30. The van der Waals surface area contributed by atoms with E-state index in [0.29, 0.717) is 42.3 Å². The van der Waals surface area contributed by atoms with Crippen molar-refractivity contribution in [3.8, 4) is 0 Å². The number of benzene rings is 1. The van der Waals surface area contributed by atoms with Crippen LogP contribution in [0.5, 0.6) is 0 Å². The summed E-state index contributed by atoms with van der Waals surface area (Å²) in [5.41, 5.74) is 10.7. The quantitative estimate of drug-likeness (QED) is 0.553. The minimum Gasteiger partial charge on any atom is -0.391 e. The predicted molar refractivity (Wildman–Crippen MR) is 133 cm³/mol. The smallest absolute Gasteiger partial charge is 0.274 e. The average Bonchev–Trinajstić information content (AvgIpc) is 3.24. The van der Waals surface area contributed by atoms with Crippen molar-refractivity contribution in [2.45, 2.75) is 52.4 Å². The minimum atomic E-state index is -0.671. The number of hydrogen-bond acceptors (Lipinski definition) is 5. The lowest BCUT2D eigenvalue weighted by molar-refractivity contribution is -0.0288. The number of pyridine rings is 1. The molecule has 3 atom stereocenters. The van der Waals surface area contributed by atoms with Gasteiger partial charge >= 0.3 is 0 Å². The van der Waals surface area contributed by atoms with Gasteiger partial charge in [0.15, 0.2) is 0 Å². The van der Waals surface area contributed by atoms with Crippen molar-refractivity contribution >= 4 is 23.2 Å². The van der Waals surface area contributed by atoms with Crippen molar-refractivity contribution in [2.75, 3.05) is 20.2 Å². The number of hydrogen-bond donors (Lipinski definition) is 2. The topological polar surface area (TPSA) is 93.1 Å². The monoisotopic (exact) mass is 484 g/mol. The van der Waals surface area contributed by atoms with Gasteiger partial charge in [-0.15, -0.1) is 0 Å². The van der Waals surface area contributed by atoms with Gasteiger partial charge in [-0.3, -0.25) is 4.79 Å². The van der Waals surface area contributed by atoms with Crippen LogP contribution < -0.4 is 5.73 Å². The number of aliphatic hydroxyl groups is 1. The number of nitrogens with zero attached hydrogens (tertiary/aromatic N) is 3. The van der Waals surface area contributed by atoms with Gasteiger partial charge in [0.25, 0.3) is 5.91 Å². The van der Waals surface area contributed by atoms with Gasteiger partial charge in [0, 0.05) is 55.1 Å². The zero-order valence-electron chi connectivity index (χ0n) is 20.2. The molecule has 0 saturated carbocycles. The van der Waals surface area contributed by atoms with Crippen molar-refractivity contribution in [2.24, 2.45) is 11.1 Å². The molecule has 7 nitrogen and oxygen atoms in total. The van der Waals surface area contributed by atoms with Gasteiger partial charge in [-0.2, -0.15) is 0 Å². The Balaban J connectivity index is 1.53. The van der Waals surface area contributed by atoms with Crippen molar-refractivity contribution in [1.82, 2.24) is 14.3 Å². The van der Waals surface area contributed by atoms with Crippen molar-refractivity contribution in [1.29, 1.82) is 0 Å². The number of aromatic nitrogens is 2. The first-order chi connectivity index (χ1) is 16.1. The first-order valence-corrected chi connectivity index (χ1v) is 12.0. The van der Waals surface area contributed by atoms with Crippen LogP contribution in [0.3, 0.4) is 0 Å². The number of β-amino-alcohol motifs (C(OH)–C–C–N with tert-alkyl or cyclic N) is 1. The molecule has 34 heavy (non-hydrogen) atoms. The number of methoxy groups -OCH3 is 1. The summed E-state index contributed by atoms with van der Waals surface area (Å²) in [6, 6.07) is 7.76. The van der Waals surface area contributed by atoms with Crippen LogP contribution in [0.4, 0.5) is 0 Å². The number of ether oxygens (including phenoxy) is 1. The number of piperidine rings is 1. The zero-order chi connectivity index (χ0) is 24.6. The lowest BCUT2D eigenvalue weighted by atomic mass is 9.73. The fraction of sp³-hybridized carbons (Fsp3) is 0.462. The minimum absolute atomic E-state index is 0.142. The van der Waals surface area contributed by atoms with E-state index in [2.05, 4.69) is 11.9 Å². The molecule has 0 radical (unpaired) electrons. The molecule has 0 aliphatic carbocycles. The van der Waals surface area contributed by atoms with Crippen LogP contribution >= 0.6 is 11.6 Å². The number of aryl methyl sites for hydroxylation is 1. The van der Waals surface area contributed by atoms with E-state index in [1.54, 1.807) is 18.2 Å². The summed E-state index contributed by atoms with van der Waals surface area (Å²) in [6.45, 7) is 7.24. The largest absolute Gasteiger partial charge is 0.391 e. The summed E-state index contributed by atoms with van der Waals surface area (Å²) < 4.78 is 7.38. The molecule has 3 N–H and O–H groups in total. The van der Waals surface area contributed by atoms with Gasteiger partial charge in [-0.1, -0.05) is 24.6 Å². The van der Waals surface area contributed by atoms with Gasteiger partial charge in [-0.25, -0.2) is 4.98 Å². The summed E-state index contributed by atoms with van der Waals surface area (Å²) in [5, 5.41) is 11.8. The second-order valence-corrected chi connectivity index (χ2v) is 10.1. The number of nitrogens with two attached hydrogens (primary N) is 1. The van der Waals surface area contributed by atoms with Crippen LogP contribution in [0, 0.1) is 12.3 Å². The van der Waals surface area contributed by atoms with E-state index in [-0.39, 0.29) is 24.0 Å². The van der Waals surface area contributed by atoms with E-state index in [4.69, 9.17) is 22.1 Å². The predicted octanol–water partition coefficient (Wildman–Crippen LogP) is 3.92. The molecule has 8 heteroatoms. The Morgan fingerprint density at radius 1 is 1.35 bits per heavy atom. The Morgan fingerprint density at radius 2 is 2.12 bits per heavy atom. The molecule has 1 saturated heterocycles. The number of rotatable bonds is 6. The standard InChI is InChI=1S/C26H33ClN4O3/c1-16-9-21(17(2)34-4)24-29-22(14-31(24)13-16)25(33)30-8-7-26(3,23(32)15-30)11-18-5-6-20(27)10-19(18)12-28/h5-6,9-10,13-14,17,23,32H,7-8,11-12,15,28H2,1-4H3/t17?,23-,26?/m1/s1. The summed E-state index contributed by atoms with van der Waals surface area (Å²) in [6.07, 6.45) is 4.25. The van der Waals surface area contributed by atoms with E-state index < -0.39 is 6.10 Å². The molecule has 182 valence electrons. The molecular weight excluding hydrogens is 452 g/mol. The number of carbonyl (C=O) groups is 1. The third-order valence-corrected chi connectivity index (χ3v) is 7.38. The normalized spacial score (nSPS) is 21.7. The molecule has 0 bridgehead atoms. The summed E-state index contributed by atoms with van der Waals surface area (Å²) in [7, 11) is 1.66. The Hall–Kier alpha value is -2.45. The number of carbonyl (C=O) groups excluding carboxylic acids is 1. The van der Waals surface area contributed by atoms with E-state index >= 15 is 0 Å². The highest BCUT2D eigenvalue weighted by atomic mass is 35.5. The third kappa shape index (κ3) is 4.70. The molecule has 3 aromatic rings. The molecule has 2 unspecified atom stereocenters. The number of halogens is 1. The molecule has 1 aliphatic rings. The maximum Gasteiger partial charge on any atom is 0.274 e. The highest BCUT2D eigenvalue weighted by Crippen LogP contribution is 2.36. The lowest BCUT2D eigenvalue weighted by Crippen LogP contribution is -2.52. The zero-order valence-corrected chi connectivity index (χ0v) is 21.0. The molecule has 2 aromatic heterocycles. The Kier molecular flexibility index (Phi) is 7.01. The molecule has 0 spiro atoms. The fourth-order valence-electron chi connectivity index (χ4n) is 4.82. The van der Waals surface area contributed by atoms with Crippen LogP contribution in [0.1, 0.15) is 59.1 Å². The summed E-state index contributed by atoms with van der Waals surface area (Å²) in [4.78, 5) is 19.7.